The van der Waals surface area contributed by atoms with E-state index in [0.29, 0.717) is 17.7 Å². The van der Waals surface area contributed by atoms with Crippen molar-refractivity contribution >= 4 is 0 Å². The van der Waals surface area contributed by atoms with E-state index in [1.807, 2.05) is 24.3 Å². The second kappa shape index (κ2) is 5.75. The zero-order valence-electron chi connectivity index (χ0n) is 12.6. The monoisotopic (exact) mass is 301 g/mol. The molecule has 0 amide bonds. The first kappa shape index (κ1) is 14.5. The molecule has 22 heavy (non-hydrogen) atoms. The fourth-order valence-corrected chi connectivity index (χ4v) is 2.49. The van der Waals surface area contributed by atoms with E-state index < -0.39 is 0 Å². The molecule has 0 saturated carbocycles. The van der Waals surface area contributed by atoms with E-state index in [1.165, 1.54) is 12.1 Å². The average molecular weight is 301 g/mol. The molecule has 0 N–H and O–H groups in total. The van der Waals surface area contributed by atoms with Gasteiger partial charge in [0, 0.05) is 37.8 Å². The summed E-state index contributed by atoms with van der Waals surface area (Å²) in [6, 6.07) is 5.99. The Labute approximate surface area is 128 Å². The van der Waals surface area contributed by atoms with Gasteiger partial charge in [0.1, 0.15) is 17.3 Å². The lowest BCUT2D eigenvalue weighted by atomic mass is 10.1. The van der Waals surface area contributed by atoms with Gasteiger partial charge in [0.2, 0.25) is 0 Å². The molecule has 1 aromatic carbocycles. The fraction of sp³-hybridized carbons (Fsp3) is 0.235. The zero-order chi connectivity index (χ0) is 15.7. The Hall–Kier alpha value is -2.43. The summed E-state index contributed by atoms with van der Waals surface area (Å²) < 4.78 is 27.6. The topological polar surface area (TPSA) is 19.4 Å². The molecule has 0 radical (unpaired) electrons. The molecule has 2 aromatic rings. The highest BCUT2D eigenvalue weighted by Gasteiger charge is 2.13. The van der Waals surface area contributed by atoms with Crippen molar-refractivity contribution in [2.24, 2.45) is 0 Å². The van der Waals surface area contributed by atoms with Crippen LogP contribution < -0.4 is 0 Å². The number of benzene rings is 1. The Kier molecular flexibility index (Phi) is 3.79. The van der Waals surface area contributed by atoms with Crippen molar-refractivity contribution in [3.05, 3.63) is 65.6 Å². The summed E-state index contributed by atoms with van der Waals surface area (Å²) >= 11 is 0. The number of aryl methyl sites for hydroxylation is 1. The van der Waals surface area contributed by atoms with Crippen LogP contribution in [0.15, 0.2) is 42.9 Å². The first-order chi connectivity index (χ1) is 10.5. The van der Waals surface area contributed by atoms with Gasteiger partial charge >= 0.3 is 0 Å². The number of rotatable bonds is 3. The van der Waals surface area contributed by atoms with E-state index in [-0.39, 0.29) is 17.3 Å². The first-order valence-corrected chi connectivity index (χ1v) is 7.06. The Balaban J connectivity index is 1.82. The zero-order valence-corrected chi connectivity index (χ0v) is 12.6. The van der Waals surface area contributed by atoms with Crippen molar-refractivity contribution in [2.75, 3.05) is 13.7 Å². The van der Waals surface area contributed by atoms with Crippen LogP contribution in [0.4, 0.5) is 8.78 Å². The molecule has 0 spiro atoms. The van der Waals surface area contributed by atoms with Gasteiger partial charge in [-0.15, -0.1) is 0 Å². The van der Waals surface area contributed by atoms with Gasteiger partial charge in [-0.05, 0) is 42.3 Å². The lowest BCUT2D eigenvalue weighted by molar-refractivity contribution is 0.290. The number of nitrogens with zero attached hydrogens (tertiary/aromatic N) is 3. The molecule has 0 atom stereocenters. The van der Waals surface area contributed by atoms with Gasteiger partial charge in [-0.25, -0.2) is 8.78 Å². The number of aromatic nitrogens is 1. The summed E-state index contributed by atoms with van der Waals surface area (Å²) in [6.45, 7) is 3.04. The number of halogens is 2. The van der Waals surface area contributed by atoms with E-state index in [9.17, 15) is 8.78 Å². The van der Waals surface area contributed by atoms with Gasteiger partial charge in [0.25, 0.3) is 0 Å². The van der Waals surface area contributed by atoms with E-state index in [0.717, 1.165) is 12.2 Å². The summed E-state index contributed by atoms with van der Waals surface area (Å²) in [4.78, 5) is 8.33. The summed E-state index contributed by atoms with van der Waals surface area (Å²) in [5, 5.41) is 0. The average Bonchev–Trinajstić information content (AvgIpc) is 2.87. The highest BCUT2D eigenvalue weighted by molar-refractivity contribution is 5.60. The van der Waals surface area contributed by atoms with Gasteiger partial charge in [-0.1, -0.05) is 0 Å². The maximum Gasteiger partial charge on any atom is 0.149 e. The second-order valence-electron chi connectivity index (χ2n) is 5.58. The molecule has 2 heterocycles. The van der Waals surface area contributed by atoms with E-state index in [4.69, 9.17) is 0 Å². The van der Waals surface area contributed by atoms with Crippen molar-refractivity contribution in [1.82, 2.24) is 14.8 Å². The van der Waals surface area contributed by atoms with Crippen molar-refractivity contribution in [3.63, 3.8) is 0 Å². The molecular weight excluding hydrogens is 284 g/mol. The van der Waals surface area contributed by atoms with Crippen LogP contribution >= 0.6 is 0 Å². The predicted molar refractivity (Wildman–Crippen MR) is 81.6 cm³/mol. The predicted octanol–water partition coefficient (Wildman–Crippen LogP) is 3.51. The van der Waals surface area contributed by atoms with E-state index in [2.05, 4.69) is 9.88 Å². The third-order valence-corrected chi connectivity index (χ3v) is 3.65. The normalized spacial score (nSPS) is 14.0. The first-order valence-electron chi connectivity index (χ1n) is 7.06. The summed E-state index contributed by atoms with van der Waals surface area (Å²) in [5.41, 5.74) is 2.12. The molecule has 3 nitrogen and oxygen atoms in total. The quantitative estimate of drug-likeness (QED) is 0.865. The molecule has 1 aliphatic rings. The number of pyridine rings is 1. The van der Waals surface area contributed by atoms with E-state index >= 15 is 0 Å². The molecule has 1 aliphatic heterocycles. The summed E-state index contributed by atoms with van der Waals surface area (Å²) in [7, 11) is 1.98. The highest BCUT2D eigenvalue weighted by atomic mass is 19.1. The van der Waals surface area contributed by atoms with E-state index in [1.54, 1.807) is 25.3 Å². The van der Waals surface area contributed by atoms with Gasteiger partial charge in [0.15, 0.2) is 0 Å². The molecule has 0 fully saturated rings. The van der Waals surface area contributed by atoms with Crippen LogP contribution in [-0.2, 0) is 6.54 Å². The minimum Gasteiger partial charge on any atom is -0.362 e. The van der Waals surface area contributed by atoms with Gasteiger partial charge in [-0.2, -0.15) is 0 Å². The van der Waals surface area contributed by atoms with Crippen LogP contribution in [0.5, 0.6) is 0 Å². The van der Waals surface area contributed by atoms with Crippen LogP contribution in [0.3, 0.4) is 0 Å². The smallest absolute Gasteiger partial charge is 0.149 e. The molecule has 5 heteroatoms. The maximum atomic E-state index is 14.3. The van der Waals surface area contributed by atoms with Crippen LogP contribution in [0.2, 0.25) is 0 Å². The molecular formula is C17H17F2N3. The van der Waals surface area contributed by atoms with Gasteiger partial charge in [-0.3, -0.25) is 4.98 Å². The molecule has 0 saturated heterocycles. The van der Waals surface area contributed by atoms with Crippen LogP contribution in [-0.4, -0.2) is 28.5 Å². The lowest BCUT2D eigenvalue weighted by Crippen LogP contribution is -2.22. The van der Waals surface area contributed by atoms with Crippen molar-refractivity contribution in [2.45, 2.75) is 13.5 Å². The molecule has 0 unspecified atom stereocenters. The van der Waals surface area contributed by atoms with Gasteiger partial charge < -0.3 is 9.80 Å². The molecule has 3 rings (SSSR count). The van der Waals surface area contributed by atoms with Crippen molar-refractivity contribution in [3.8, 4) is 11.3 Å². The number of hydrogen-bond donors (Lipinski definition) is 0. The third-order valence-electron chi connectivity index (χ3n) is 3.65. The highest BCUT2D eigenvalue weighted by Crippen LogP contribution is 2.23. The lowest BCUT2D eigenvalue weighted by Gasteiger charge is -2.18. The minimum absolute atomic E-state index is 0.251. The van der Waals surface area contributed by atoms with Crippen molar-refractivity contribution in [1.29, 1.82) is 0 Å². The standard InChI is InChI=1S/C17H17F2N3/c1-12-7-14(3-4-15(12)18)17-16(19)8-13(9-20-17)10-22-6-5-21(2)11-22/h3-9H,10-11H2,1-2H3. The third kappa shape index (κ3) is 2.93. The number of hydrogen-bond acceptors (Lipinski definition) is 3. The SMILES string of the molecule is Cc1cc(-c2ncc(CN3C=CN(C)C3)cc2F)ccc1F. The van der Waals surface area contributed by atoms with Crippen LogP contribution in [0.25, 0.3) is 11.3 Å². The largest absolute Gasteiger partial charge is 0.362 e. The van der Waals surface area contributed by atoms with Crippen molar-refractivity contribution < 1.29 is 8.78 Å². The molecule has 0 aliphatic carbocycles. The van der Waals surface area contributed by atoms with Crippen LogP contribution in [0, 0.1) is 18.6 Å². The van der Waals surface area contributed by atoms with Gasteiger partial charge in [0.05, 0.1) is 6.67 Å². The Bertz CT molecular complexity index is 728. The van der Waals surface area contributed by atoms with Crippen LogP contribution in [0.1, 0.15) is 11.1 Å². The fourth-order valence-electron chi connectivity index (χ4n) is 2.49. The molecule has 1 aromatic heterocycles. The Morgan fingerprint density at radius 1 is 1.14 bits per heavy atom. The summed E-state index contributed by atoms with van der Waals surface area (Å²) in [6.07, 6.45) is 5.61. The molecule has 114 valence electrons. The Morgan fingerprint density at radius 2 is 1.95 bits per heavy atom. The minimum atomic E-state index is -0.389. The summed E-state index contributed by atoms with van der Waals surface area (Å²) in [5.74, 6) is -0.689. The Morgan fingerprint density at radius 3 is 2.59 bits per heavy atom. The second-order valence-corrected chi connectivity index (χ2v) is 5.58. The maximum absolute atomic E-state index is 14.3. The molecule has 0 bridgehead atoms.